The van der Waals surface area contributed by atoms with Crippen LogP contribution in [-0.2, 0) is 24.2 Å². The quantitative estimate of drug-likeness (QED) is 0.675. The number of aryl methyl sites for hydroxylation is 1. The van der Waals surface area contributed by atoms with Crippen LogP contribution < -0.4 is 11.5 Å². The minimum atomic E-state index is -0.420. The number of carbonyl (C=O) groups excluding carboxylic acids is 1. The van der Waals surface area contributed by atoms with Gasteiger partial charge in [-0.25, -0.2) is 4.79 Å². The van der Waals surface area contributed by atoms with E-state index in [1.54, 1.807) is 0 Å². The number of nitrogens with two attached hydrogens (primary N) is 2. The molecule has 1 aliphatic rings. The van der Waals surface area contributed by atoms with Crippen molar-refractivity contribution in [2.24, 2.45) is 5.92 Å². The number of hydrogen-bond donors (Lipinski definition) is 2. The molecule has 1 aliphatic carbocycles. The van der Waals surface area contributed by atoms with Gasteiger partial charge in [-0.2, -0.15) is 15.0 Å². The lowest BCUT2D eigenvalue weighted by Crippen LogP contribution is -2.19. The van der Waals surface area contributed by atoms with Crippen LogP contribution in [0.25, 0.3) is 10.9 Å². The van der Waals surface area contributed by atoms with Gasteiger partial charge in [0.2, 0.25) is 11.9 Å². The molecule has 2 aromatic heterocycles. The van der Waals surface area contributed by atoms with Gasteiger partial charge in [-0.1, -0.05) is 25.1 Å². The molecule has 0 spiro atoms. The van der Waals surface area contributed by atoms with Crippen molar-refractivity contribution in [1.29, 1.82) is 0 Å². The van der Waals surface area contributed by atoms with Gasteiger partial charge in [0.25, 0.3) is 0 Å². The van der Waals surface area contributed by atoms with Crippen LogP contribution in [0.1, 0.15) is 40.8 Å². The summed E-state index contributed by atoms with van der Waals surface area (Å²) >= 11 is 0. The lowest BCUT2D eigenvalue weighted by Gasteiger charge is -2.24. The van der Waals surface area contributed by atoms with Gasteiger partial charge in [0.1, 0.15) is 0 Å². The Morgan fingerprint density at radius 2 is 1.89 bits per heavy atom. The highest BCUT2D eigenvalue weighted by Crippen LogP contribution is 2.32. The van der Waals surface area contributed by atoms with Gasteiger partial charge in [-0.3, -0.25) is 4.98 Å². The number of para-hydroxylation sites is 1. The molecule has 0 bridgehead atoms. The minimum Gasteiger partial charge on any atom is -0.454 e. The maximum Gasteiger partial charge on any atom is 0.339 e. The zero-order chi connectivity index (χ0) is 19.0. The summed E-state index contributed by atoms with van der Waals surface area (Å²) in [5.74, 6) is 0.281. The summed E-state index contributed by atoms with van der Waals surface area (Å²) in [5, 5.41) is 0.796. The molecule has 0 aliphatic heterocycles. The molecule has 8 nitrogen and oxygen atoms in total. The summed E-state index contributed by atoms with van der Waals surface area (Å²) in [4.78, 5) is 29.4. The second kappa shape index (κ2) is 6.79. The molecule has 4 N–H and O–H groups in total. The summed E-state index contributed by atoms with van der Waals surface area (Å²) in [7, 11) is 0. The zero-order valence-electron chi connectivity index (χ0n) is 15.0. The number of hydrogen-bond acceptors (Lipinski definition) is 8. The van der Waals surface area contributed by atoms with E-state index in [2.05, 4.69) is 21.9 Å². The Bertz CT molecular complexity index is 1020. The van der Waals surface area contributed by atoms with Crippen LogP contribution in [0.15, 0.2) is 24.3 Å². The number of fused-ring (bicyclic) bond motifs is 2. The molecule has 0 unspecified atom stereocenters. The van der Waals surface area contributed by atoms with Gasteiger partial charge in [0, 0.05) is 11.1 Å². The number of carbonyl (C=O) groups is 1. The number of pyridine rings is 1. The molecular weight excluding hydrogens is 344 g/mol. The van der Waals surface area contributed by atoms with E-state index in [0.717, 1.165) is 41.4 Å². The number of nitrogens with zero attached hydrogens (tertiary/aromatic N) is 4. The SMILES string of the molecule is C[C@H]1CCc2nc3ccccc3c(C(=O)OCc3nc(N)nc(N)n3)c2C1. The molecule has 2 heterocycles. The van der Waals surface area contributed by atoms with Crippen LogP contribution in [0.4, 0.5) is 11.9 Å². The van der Waals surface area contributed by atoms with Gasteiger partial charge < -0.3 is 16.2 Å². The second-order valence-corrected chi connectivity index (χ2v) is 6.82. The third-order valence-corrected chi connectivity index (χ3v) is 4.76. The molecule has 0 saturated heterocycles. The monoisotopic (exact) mass is 364 g/mol. The van der Waals surface area contributed by atoms with Crippen molar-refractivity contribution in [2.75, 3.05) is 11.5 Å². The molecule has 1 aromatic carbocycles. The summed E-state index contributed by atoms with van der Waals surface area (Å²) < 4.78 is 5.50. The molecule has 8 heteroatoms. The number of esters is 1. The third kappa shape index (κ3) is 3.38. The number of aromatic nitrogens is 4. The summed E-state index contributed by atoms with van der Waals surface area (Å²) in [5.41, 5.74) is 14.5. The highest BCUT2D eigenvalue weighted by Gasteiger charge is 2.26. The molecule has 0 saturated carbocycles. The molecule has 0 amide bonds. The minimum absolute atomic E-state index is 0.00545. The molecular formula is C19H20N6O2. The number of benzene rings is 1. The first-order valence-electron chi connectivity index (χ1n) is 8.84. The van der Waals surface area contributed by atoms with Crippen LogP contribution in [0.3, 0.4) is 0 Å². The van der Waals surface area contributed by atoms with Crippen LogP contribution in [0, 0.1) is 5.92 Å². The van der Waals surface area contributed by atoms with E-state index in [0.29, 0.717) is 11.5 Å². The van der Waals surface area contributed by atoms with Crippen molar-refractivity contribution < 1.29 is 9.53 Å². The second-order valence-electron chi connectivity index (χ2n) is 6.82. The highest BCUT2D eigenvalue weighted by atomic mass is 16.5. The molecule has 27 heavy (non-hydrogen) atoms. The van der Waals surface area contributed by atoms with E-state index in [4.69, 9.17) is 21.2 Å². The van der Waals surface area contributed by atoms with Crippen molar-refractivity contribution in [2.45, 2.75) is 32.8 Å². The van der Waals surface area contributed by atoms with Gasteiger partial charge in [0.05, 0.1) is 11.1 Å². The lowest BCUT2D eigenvalue weighted by molar-refractivity contribution is 0.0462. The van der Waals surface area contributed by atoms with E-state index >= 15 is 0 Å². The fourth-order valence-electron chi connectivity index (χ4n) is 3.52. The predicted octanol–water partition coefficient (Wildman–Crippen LogP) is 2.07. The van der Waals surface area contributed by atoms with Gasteiger partial charge in [-0.15, -0.1) is 0 Å². The van der Waals surface area contributed by atoms with Gasteiger partial charge in [0.15, 0.2) is 12.4 Å². The van der Waals surface area contributed by atoms with Crippen LogP contribution in [0.5, 0.6) is 0 Å². The highest BCUT2D eigenvalue weighted by molar-refractivity contribution is 6.05. The standard InChI is InChI=1S/C19H20N6O2/c1-10-6-7-14-12(8-10)16(11-4-2-3-5-13(11)22-14)17(26)27-9-15-23-18(20)25-19(21)24-15/h2-5,10H,6-9H2,1H3,(H4,20,21,23,24,25)/t10-/m0/s1. The smallest absolute Gasteiger partial charge is 0.339 e. The number of rotatable bonds is 3. The Labute approximate surface area is 156 Å². The van der Waals surface area contributed by atoms with Crippen molar-refractivity contribution in [3.63, 3.8) is 0 Å². The first-order chi connectivity index (χ1) is 13.0. The summed E-state index contributed by atoms with van der Waals surface area (Å²) in [6.07, 6.45) is 2.74. The third-order valence-electron chi connectivity index (χ3n) is 4.76. The van der Waals surface area contributed by atoms with E-state index in [-0.39, 0.29) is 24.3 Å². The van der Waals surface area contributed by atoms with E-state index in [1.165, 1.54) is 0 Å². The average molecular weight is 364 g/mol. The number of nitrogen functional groups attached to an aromatic ring is 2. The molecule has 0 radical (unpaired) electrons. The van der Waals surface area contributed by atoms with Crippen molar-refractivity contribution in [1.82, 2.24) is 19.9 Å². The lowest BCUT2D eigenvalue weighted by atomic mass is 9.84. The average Bonchev–Trinajstić information content (AvgIpc) is 2.63. The van der Waals surface area contributed by atoms with Crippen molar-refractivity contribution in [3.8, 4) is 0 Å². The molecule has 0 fully saturated rings. The topological polar surface area (TPSA) is 130 Å². The Morgan fingerprint density at radius 1 is 1.15 bits per heavy atom. The normalized spacial score (nSPS) is 16.1. The fourth-order valence-corrected chi connectivity index (χ4v) is 3.52. The van der Waals surface area contributed by atoms with Crippen LogP contribution >= 0.6 is 0 Å². The maximum absolute atomic E-state index is 13.0. The molecule has 4 rings (SSSR count). The van der Waals surface area contributed by atoms with E-state index < -0.39 is 5.97 Å². The summed E-state index contributed by atoms with van der Waals surface area (Å²) in [6.45, 7) is 2.06. The van der Waals surface area contributed by atoms with Gasteiger partial charge >= 0.3 is 5.97 Å². The van der Waals surface area contributed by atoms with Gasteiger partial charge in [-0.05, 0) is 36.8 Å². The van der Waals surface area contributed by atoms with E-state index in [1.807, 2.05) is 24.3 Å². The van der Waals surface area contributed by atoms with Crippen LogP contribution in [-0.4, -0.2) is 25.9 Å². The Morgan fingerprint density at radius 3 is 2.67 bits per heavy atom. The largest absolute Gasteiger partial charge is 0.454 e. The Balaban J connectivity index is 1.71. The van der Waals surface area contributed by atoms with Crippen LogP contribution in [0.2, 0.25) is 0 Å². The van der Waals surface area contributed by atoms with E-state index in [9.17, 15) is 4.79 Å². The number of ether oxygens (including phenoxy) is 1. The zero-order valence-corrected chi connectivity index (χ0v) is 15.0. The molecule has 138 valence electrons. The fraction of sp³-hybridized carbons (Fsp3) is 0.316. The first kappa shape index (κ1) is 17.1. The van der Waals surface area contributed by atoms with Crippen molar-refractivity contribution >= 4 is 28.8 Å². The summed E-state index contributed by atoms with van der Waals surface area (Å²) in [6, 6.07) is 7.63. The molecule has 1 atom stereocenters. The number of anilines is 2. The maximum atomic E-state index is 13.0. The van der Waals surface area contributed by atoms with Crippen molar-refractivity contribution in [3.05, 3.63) is 46.9 Å². The Hall–Kier alpha value is -3.29. The molecule has 3 aromatic rings. The Kier molecular flexibility index (Phi) is 4.31. The first-order valence-corrected chi connectivity index (χ1v) is 8.84. The predicted molar refractivity (Wildman–Crippen MR) is 101 cm³/mol.